The summed E-state index contributed by atoms with van der Waals surface area (Å²) in [5.41, 5.74) is 4.67. The minimum atomic E-state index is 0. The third-order valence-electron chi connectivity index (χ3n) is 3.69. The van der Waals surface area contributed by atoms with Gasteiger partial charge >= 0.3 is 4.96 Å². The Balaban J connectivity index is 0.00000156. The molecule has 2 heterocycles. The first kappa shape index (κ1) is 15.7. The third kappa shape index (κ3) is 3.11. The number of halogens is 1. The molecule has 0 aliphatic carbocycles. The fourth-order valence-electron chi connectivity index (χ4n) is 2.46. The lowest BCUT2D eigenvalue weighted by Gasteiger charge is -1.96. The van der Waals surface area contributed by atoms with E-state index in [1.54, 1.807) is 11.3 Å². The number of nitrogens with zero attached hydrogens (tertiary/aromatic N) is 2. The molecule has 2 aromatic carbocycles. The van der Waals surface area contributed by atoms with Crippen LogP contribution in [0.25, 0.3) is 26.7 Å². The van der Waals surface area contributed by atoms with Crippen LogP contribution in [0.5, 0.6) is 0 Å². The zero-order chi connectivity index (χ0) is 14.9. The van der Waals surface area contributed by atoms with Gasteiger partial charge in [0.05, 0.1) is 4.88 Å². The smallest absolute Gasteiger partial charge is 0.388 e. The molecule has 0 unspecified atom stereocenters. The molecule has 0 radical (unpaired) electrons. The Morgan fingerprint density at radius 2 is 1.61 bits per heavy atom. The van der Waals surface area contributed by atoms with Crippen LogP contribution in [0.4, 0.5) is 0 Å². The molecule has 4 heteroatoms. The van der Waals surface area contributed by atoms with Gasteiger partial charge in [0, 0.05) is 11.6 Å². The second-order valence-corrected chi connectivity index (χ2v) is 6.34. The number of hydrogen-bond donors (Lipinski definition) is 0. The maximum absolute atomic E-state index is 4.80. The van der Waals surface area contributed by atoms with Gasteiger partial charge in [0.15, 0.2) is 5.69 Å². The van der Waals surface area contributed by atoms with E-state index in [1.807, 2.05) is 6.07 Å². The lowest BCUT2D eigenvalue weighted by molar-refractivity contribution is -0.509. The number of benzene rings is 2. The lowest BCUT2D eigenvalue weighted by atomic mass is 10.1. The number of hydrogen-bond acceptors (Lipinski definition) is 2. The van der Waals surface area contributed by atoms with Crippen LogP contribution in [0.2, 0.25) is 0 Å². The van der Waals surface area contributed by atoms with Gasteiger partial charge in [-0.2, -0.15) is 4.40 Å². The van der Waals surface area contributed by atoms with E-state index in [4.69, 9.17) is 4.98 Å². The average molecular weight is 339 g/mol. The van der Waals surface area contributed by atoms with Crippen molar-refractivity contribution in [1.29, 1.82) is 0 Å². The largest absolute Gasteiger partial charge is 1.00 e. The molecule has 0 N–H and O–H groups in total. The molecule has 2 aromatic heterocycles. The van der Waals surface area contributed by atoms with Gasteiger partial charge in [-0.3, -0.25) is 0 Å². The van der Waals surface area contributed by atoms with E-state index in [1.165, 1.54) is 16.0 Å². The zero-order valence-electron chi connectivity index (χ0n) is 12.6. The van der Waals surface area contributed by atoms with Gasteiger partial charge in [-0.25, -0.2) is 0 Å². The molecule has 0 bridgehead atoms. The van der Waals surface area contributed by atoms with Gasteiger partial charge in [-0.15, -0.1) is 0 Å². The molecule has 0 atom stereocenters. The van der Waals surface area contributed by atoms with E-state index >= 15 is 0 Å². The second-order valence-electron chi connectivity index (χ2n) is 5.33. The molecule has 0 saturated heterocycles. The highest BCUT2D eigenvalue weighted by molar-refractivity contribution is 7.19. The van der Waals surface area contributed by atoms with E-state index in [9.17, 15) is 0 Å². The minimum absolute atomic E-state index is 0. The van der Waals surface area contributed by atoms with E-state index < -0.39 is 0 Å². The fourth-order valence-corrected chi connectivity index (χ4v) is 3.44. The quantitative estimate of drug-likeness (QED) is 0.507. The SMILES string of the molecule is Cc1ccc(-c2cc[n+]3cc(-c4ccccc4)sc3n2)cc1.[Cl-]. The standard InChI is InChI=1S/C19H15N2S.ClH/c1-14-7-9-15(10-8-14)17-11-12-21-13-18(22-19(21)20-17)16-5-3-2-4-6-16;/h2-13H,1H3;1H/q+1;/p-1. The van der Waals surface area contributed by atoms with Crippen LogP contribution in [0.15, 0.2) is 73.1 Å². The Labute approximate surface area is 145 Å². The zero-order valence-corrected chi connectivity index (χ0v) is 14.2. The normalized spacial score (nSPS) is 10.5. The summed E-state index contributed by atoms with van der Waals surface area (Å²) in [6.07, 6.45) is 4.22. The molecule has 4 aromatic rings. The summed E-state index contributed by atoms with van der Waals surface area (Å²) in [6.45, 7) is 2.10. The molecule has 0 aliphatic heterocycles. The minimum Gasteiger partial charge on any atom is -1.00 e. The van der Waals surface area contributed by atoms with Gasteiger partial charge in [0.2, 0.25) is 0 Å². The van der Waals surface area contributed by atoms with Crippen molar-refractivity contribution in [1.82, 2.24) is 4.98 Å². The topological polar surface area (TPSA) is 17.0 Å². The maximum atomic E-state index is 4.80. The van der Waals surface area contributed by atoms with Gasteiger partial charge in [-0.1, -0.05) is 60.2 Å². The van der Waals surface area contributed by atoms with Gasteiger partial charge in [-0.05, 0) is 28.8 Å². The molecule has 0 fully saturated rings. The molecule has 114 valence electrons. The van der Waals surface area contributed by atoms with Crippen molar-refractivity contribution < 1.29 is 16.8 Å². The summed E-state index contributed by atoms with van der Waals surface area (Å²) in [5.74, 6) is 0. The number of fused-ring (bicyclic) bond motifs is 1. The summed E-state index contributed by atoms with van der Waals surface area (Å²) >= 11 is 1.71. The summed E-state index contributed by atoms with van der Waals surface area (Å²) in [7, 11) is 0. The van der Waals surface area contributed by atoms with Crippen LogP contribution in [0, 0.1) is 6.92 Å². The number of thiazole rings is 1. The van der Waals surface area contributed by atoms with Gasteiger partial charge in [0.25, 0.3) is 0 Å². The van der Waals surface area contributed by atoms with Crippen LogP contribution >= 0.6 is 11.3 Å². The van der Waals surface area contributed by atoms with E-state index in [2.05, 4.69) is 78.3 Å². The molecule has 4 rings (SSSR count). The van der Waals surface area contributed by atoms with Crippen molar-refractivity contribution in [3.05, 3.63) is 78.6 Å². The van der Waals surface area contributed by atoms with Gasteiger partial charge < -0.3 is 12.4 Å². The molecule has 0 spiro atoms. The monoisotopic (exact) mass is 338 g/mol. The first-order valence-corrected chi connectivity index (χ1v) is 8.05. The summed E-state index contributed by atoms with van der Waals surface area (Å²) in [5, 5.41) is 0. The highest BCUT2D eigenvalue weighted by atomic mass is 35.5. The Bertz CT molecular complexity index is 931. The third-order valence-corrected chi connectivity index (χ3v) is 4.74. The Kier molecular flexibility index (Phi) is 4.42. The second kappa shape index (κ2) is 6.49. The summed E-state index contributed by atoms with van der Waals surface area (Å²) in [4.78, 5) is 7.04. The van der Waals surface area contributed by atoms with Gasteiger partial charge in [0.1, 0.15) is 12.4 Å². The van der Waals surface area contributed by atoms with Crippen LogP contribution in [-0.4, -0.2) is 4.98 Å². The van der Waals surface area contributed by atoms with Crippen molar-refractivity contribution in [3.63, 3.8) is 0 Å². The van der Waals surface area contributed by atoms with E-state index in [-0.39, 0.29) is 12.4 Å². The predicted octanol–water partition coefficient (Wildman–Crippen LogP) is 1.53. The predicted molar refractivity (Wildman–Crippen MR) is 90.9 cm³/mol. The molecule has 23 heavy (non-hydrogen) atoms. The molecular weight excluding hydrogens is 324 g/mol. The number of aromatic nitrogens is 2. The van der Waals surface area contributed by atoms with Crippen LogP contribution in [0.3, 0.4) is 0 Å². The Morgan fingerprint density at radius 1 is 0.870 bits per heavy atom. The molecule has 0 amide bonds. The van der Waals surface area contributed by atoms with E-state index in [0.717, 1.165) is 16.2 Å². The average Bonchev–Trinajstić information content (AvgIpc) is 2.99. The number of aryl methyl sites for hydroxylation is 1. The highest BCUT2D eigenvalue weighted by Gasteiger charge is 2.14. The Morgan fingerprint density at radius 3 is 2.35 bits per heavy atom. The van der Waals surface area contributed by atoms with Crippen molar-refractivity contribution in [2.24, 2.45) is 0 Å². The number of rotatable bonds is 2. The van der Waals surface area contributed by atoms with Crippen molar-refractivity contribution in [2.75, 3.05) is 0 Å². The Hall–Kier alpha value is -2.23. The lowest BCUT2D eigenvalue weighted by Crippen LogP contribution is -3.00. The highest BCUT2D eigenvalue weighted by Crippen LogP contribution is 2.26. The maximum Gasteiger partial charge on any atom is 0.388 e. The van der Waals surface area contributed by atoms with Crippen molar-refractivity contribution in [2.45, 2.75) is 6.92 Å². The van der Waals surface area contributed by atoms with Crippen molar-refractivity contribution >= 4 is 16.3 Å². The molecular formula is C19H15ClN2S. The molecule has 0 aliphatic rings. The summed E-state index contributed by atoms with van der Waals surface area (Å²) < 4.78 is 2.09. The first-order valence-electron chi connectivity index (χ1n) is 7.24. The fraction of sp³-hybridized carbons (Fsp3) is 0.0526. The van der Waals surface area contributed by atoms with E-state index in [0.29, 0.717) is 0 Å². The van der Waals surface area contributed by atoms with Crippen LogP contribution < -0.4 is 16.8 Å². The first-order chi connectivity index (χ1) is 10.8. The van der Waals surface area contributed by atoms with Crippen LogP contribution in [-0.2, 0) is 0 Å². The molecule has 2 nitrogen and oxygen atoms in total. The summed E-state index contributed by atoms with van der Waals surface area (Å²) in [6, 6.07) is 21.0. The molecule has 0 saturated carbocycles. The van der Waals surface area contributed by atoms with Crippen LogP contribution in [0.1, 0.15) is 5.56 Å². The van der Waals surface area contributed by atoms with Crippen molar-refractivity contribution in [3.8, 4) is 21.7 Å².